The molecule has 0 unspecified atom stereocenters. The molecule has 0 radical (unpaired) electrons. The largest absolute Gasteiger partial charge is 0.394 e. The number of aromatic nitrogens is 2. The van der Waals surface area contributed by atoms with Crippen LogP contribution < -0.4 is 10.6 Å². The zero-order valence-corrected chi connectivity index (χ0v) is 10.8. The first kappa shape index (κ1) is 12.4. The lowest BCUT2D eigenvalue weighted by Crippen LogP contribution is -2.32. The number of nitrogens with zero attached hydrogens (tertiary/aromatic N) is 4. The van der Waals surface area contributed by atoms with Crippen LogP contribution in [-0.2, 0) is 0 Å². The highest BCUT2D eigenvalue weighted by Gasteiger charge is 2.14. The molecule has 1 aromatic heterocycles. The highest BCUT2D eigenvalue weighted by Crippen LogP contribution is 2.19. The van der Waals surface area contributed by atoms with Crippen molar-refractivity contribution in [2.24, 2.45) is 0 Å². The molecule has 2 heterocycles. The van der Waals surface area contributed by atoms with Crippen LogP contribution in [0.15, 0.2) is 6.20 Å². The van der Waals surface area contributed by atoms with E-state index in [1.54, 1.807) is 6.20 Å². The number of nitrogens with two attached hydrogens (primary N) is 1. The van der Waals surface area contributed by atoms with Crippen molar-refractivity contribution in [1.82, 2.24) is 14.9 Å². The minimum atomic E-state index is 0.238. The van der Waals surface area contributed by atoms with Gasteiger partial charge in [-0.3, -0.25) is 0 Å². The normalized spacial score (nSPS) is 16.4. The van der Waals surface area contributed by atoms with Crippen molar-refractivity contribution in [3.05, 3.63) is 11.5 Å². The number of anilines is 2. The average molecular weight is 256 g/mol. The molecule has 0 spiro atoms. The SMILES string of the molecule is CN(CCN1CCCC1)c1nc(Cl)ncc1N. The minimum absolute atomic E-state index is 0.238. The van der Waals surface area contributed by atoms with Crippen LogP contribution in [0.25, 0.3) is 0 Å². The molecule has 1 aliphatic rings. The second-order valence-corrected chi connectivity index (χ2v) is 4.73. The molecule has 94 valence electrons. The van der Waals surface area contributed by atoms with Gasteiger partial charge in [0.05, 0.1) is 11.9 Å². The van der Waals surface area contributed by atoms with Gasteiger partial charge >= 0.3 is 0 Å². The van der Waals surface area contributed by atoms with Crippen LogP contribution in [0.3, 0.4) is 0 Å². The van der Waals surface area contributed by atoms with E-state index in [1.807, 2.05) is 11.9 Å². The van der Waals surface area contributed by atoms with Crippen molar-refractivity contribution in [3.63, 3.8) is 0 Å². The van der Waals surface area contributed by atoms with Crippen molar-refractivity contribution in [1.29, 1.82) is 0 Å². The van der Waals surface area contributed by atoms with Gasteiger partial charge in [0, 0.05) is 20.1 Å². The number of likely N-dealkylation sites (N-methyl/N-ethyl adjacent to an activating group) is 1. The second-order valence-electron chi connectivity index (χ2n) is 4.39. The molecule has 6 heteroatoms. The maximum atomic E-state index is 5.84. The molecule has 1 saturated heterocycles. The van der Waals surface area contributed by atoms with Gasteiger partial charge in [-0.25, -0.2) is 4.98 Å². The third-order valence-electron chi connectivity index (χ3n) is 3.08. The van der Waals surface area contributed by atoms with Crippen LogP contribution in [0.5, 0.6) is 0 Å². The molecular formula is C11H18ClN5. The summed E-state index contributed by atoms with van der Waals surface area (Å²) in [6.07, 6.45) is 4.17. The highest BCUT2D eigenvalue weighted by molar-refractivity contribution is 6.28. The van der Waals surface area contributed by atoms with Gasteiger partial charge in [-0.1, -0.05) is 0 Å². The van der Waals surface area contributed by atoms with E-state index in [0.29, 0.717) is 11.5 Å². The molecule has 1 aliphatic heterocycles. The molecule has 2 rings (SSSR count). The molecule has 0 aromatic carbocycles. The average Bonchev–Trinajstić information content (AvgIpc) is 2.82. The van der Waals surface area contributed by atoms with Gasteiger partial charge in [0.2, 0.25) is 5.28 Å². The fourth-order valence-corrected chi connectivity index (χ4v) is 2.20. The lowest BCUT2D eigenvalue weighted by atomic mass is 10.4. The van der Waals surface area contributed by atoms with Gasteiger partial charge in [0.25, 0.3) is 0 Å². The smallest absolute Gasteiger partial charge is 0.224 e. The Bertz CT molecular complexity index is 378. The van der Waals surface area contributed by atoms with Gasteiger partial charge in [-0.05, 0) is 37.5 Å². The molecule has 0 bridgehead atoms. The Kier molecular flexibility index (Phi) is 4.02. The van der Waals surface area contributed by atoms with Crippen LogP contribution in [0.4, 0.5) is 11.5 Å². The molecule has 1 aromatic rings. The van der Waals surface area contributed by atoms with Crippen LogP contribution in [0.1, 0.15) is 12.8 Å². The van der Waals surface area contributed by atoms with Crippen molar-refractivity contribution >= 4 is 23.1 Å². The summed E-state index contributed by atoms with van der Waals surface area (Å²) in [6.45, 7) is 4.34. The van der Waals surface area contributed by atoms with Gasteiger partial charge in [-0.2, -0.15) is 4.98 Å². The fraction of sp³-hybridized carbons (Fsp3) is 0.636. The number of hydrogen-bond donors (Lipinski definition) is 1. The molecule has 1 fully saturated rings. The Morgan fingerprint density at radius 2 is 2.18 bits per heavy atom. The summed E-state index contributed by atoms with van der Waals surface area (Å²) < 4.78 is 0. The Balaban J connectivity index is 1.93. The number of likely N-dealkylation sites (tertiary alicyclic amines) is 1. The molecule has 17 heavy (non-hydrogen) atoms. The summed E-state index contributed by atoms with van der Waals surface area (Å²) in [4.78, 5) is 12.5. The molecule has 5 nitrogen and oxygen atoms in total. The van der Waals surface area contributed by atoms with E-state index in [2.05, 4.69) is 14.9 Å². The molecule has 0 atom stereocenters. The van der Waals surface area contributed by atoms with Crippen LogP contribution in [0, 0.1) is 0 Å². The maximum absolute atomic E-state index is 5.84. The zero-order chi connectivity index (χ0) is 12.3. The first-order valence-corrected chi connectivity index (χ1v) is 6.26. The number of nitrogen functional groups attached to an aromatic ring is 1. The molecule has 2 N–H and O–H groups in total. The Labute approximate surface area is 107 Å². The molecule has 0 saturated carbocycles. The van der Waals surface area contributed by atoms with E-state index in [9.17, 15) is 0 Å². The lowest BCUT2D eigenvalue weighted by Gasteiger charge is -2.23. The monoisotopic (exact) mass is 255 g/mol. The van der Waals surface area contributed by atoms with Gasteiger partial charge in [0.1, 0.15) is 0 Å². The molecular weight excluding hydrogens is 238 g/mol. The van der Waals surface area contributed by atoms with Crippen LogP contribution in [-0.4, -0.2) is 48.1 Å². The maximum Gasteiger partial charge on any atom is 0.224 e. The Morgan fingerprint density at radius 3 is 2.88 bits per heavy atom. The predicted octanol–water partition coefficient (Wildman–Crippen LogP) is 1.24. The predicted molar refractivity (Wildman–Crippen MR) is 70.4 cm³/mol. The molecule has 0 amide bonds. The first-order chi connectivity index (χ1) is 8.16. The van der Waals surface area contributed by atoms with E-state index in [1.165, 1.54) is 25.9 Å². The summed E-state index contributed by atoms with van der Waals surface area (Å²) in [5.74, 6) is 0.712. The zero-order valence-electron chi connectivity index (χ0n) is 10.1. The third kappa shape index (κ3) is 3.20. The van der Waals surface area contributed by atoms with Gasteiger partial charge in [0.15, 0.2) is 5.82 Å². The Hall–Kier alpha value is -1.07. The summed E-state index contributed by atoms with van der Waals surface area (Å²) in [5.41, 5.74) is 6.40. The van der Waals surface area contributed by atoms with Gasteiger partial charge in [-0.15, -0.1) is 0 Å². The standard InChI is InChI=1S/C11H18ClN5/c1-16(6-7-17-4-2-3-5-17)10-9(13)8-14-11(12)15-10/h8H,2-7,13H2,1H3. The van der Waals surface area contributed by atoms with E-state index in [-0.39, 0.29) is 5.28 Å². The lowest BCUT2D eigenvalue weighted by molar-refractivity contribution is 0.346. The van der Waals surface area contributed by atoms with Crippen molar-refractivity contribution in [3.8, 4) is 0 Å². The number of hydrogen-bond acceptors (Lipinski definition) is 5. The van der Waals surface area contributed by atoms with Crippen LogP contribution >= 0.6 is 11.6 Å². The van der Waals surface area contributed by atoms with Gasteiger partial charge < -0.3 is 15.5 Å². The highest BCUT2D eigenvalue weighted by atomic mass is 35.5. The molecule has 0 aliphatic carbocycles. The second kappa shape index (κ2) is 5.51. The topological polar surface area (TPSA) is 58.3 Å². The summed E-state index contributed by atoms with van der Waals surface area (Å²) in [7, 11) is 1.98. The summed E-state index contributed by atoms with van der Waals surface area (Å²) in [5, 5.41) is 0.238. The fourth-order valence-electron chi connectivity index (χ4n) is 2.07. The van der Waals surface area contributed by atoms with E-state index < -0.39 is 0 Å². The third-order valence-corrected chi connectivity index (χ3v) is 3.26. The summed E-state index contributed by atoms with van der Waals surface area (Å²) >= 11 is 5.77. The van der Waals surface area contributed by atoms with E-state index in [0.717, 1.165) is 13.1 Å². The number of rotatable bonds is 4. The van der Waals surface area contributed by atoms with Crippen LogP contribution in [0.2, 0.25) is 5.28 Å². The van der Waals surface area contributed by atoms with Crippen molar-refractivity contribution in [2.45, 2.75) is 12.8 Å². The van der Waals surface area contributed by atoms with Crippen molar-refractivity contribution in [2.75, 3.05) is 43.9 Å². The van der Waals surface area contributed by atoms with E-state index in [4.69, 9.17) is 17.3 Å². The first-order valence-electron chi connectivity index (χ1n) is 5.88. The summed E-state index contributed by atoms with van der Waals surface area (Å²) in [6, 6.07) is 0. The minimum Gasteiger partial charge on any atom is -0.394 e. The van der Waals surface area contributed by atoms with E-state index >= 15 is 0 Å². The quantitative estimate of drug-likeness (QED) is 0.821. The number of halogens is 1. The Morgan fingerprint density at radius 1 is 1.47 bits per heavy atom. The van der Waals surface area contributed by atoms with Crippen molar-refractivity contribution < 1.29 is 0 Å².